The van der Waals surface area contributed by atoms with Crippen LogP contribution in [0.25, 0.3) is 0 Å². The van der Waals surface area contributed by atoms with Crippen molar-refractivity contribution in [2.75, 3.05) is 6.67 Å². The molecule has 2 rings (SSSR count). The Hall–Kier alpha value is -2.13. The molecule has 0 aliphatic carbocycles. The maximum atomic E-state index is 11.8. The summed E-state index contributed by atoms with van der Waals surface area (Å²) in [7, 11) is 0. The molecule has 0 saturated heterocycles. The second-order valence-corrected chi connectivity index (χ2v) is 4.68. The number of benzene rings is 1. The van der Waals surface area contributed by atoms with Crippen LogP contribution >= 0.6 is 0 Å². The summed E-state index contributed by atoms with van der Waals surface area (Å²) >= 11 is 5.07. The van der Waals surface area contributed by atoms with Gasteiger partial charge in [-0.1, -0.05) is 17.0 Å². The molecule has 1 N–H and O–H groups in total. The van der Waals surface area contributed by atoms with Gasteiger partial charge in [-0.25, -0.2) is 0 Å². The maximum Gasteiger partial charge on any atom is 0.356 e. The van der Waals surface area contributed by atoms with Crippen molar-refractivity contribution in [2.45, 2.75) is 13.2 Å². The van der Waals surface area contributed by atoms with E-state index < -0.39 is 11.2 Å². The van der Waals surface area contributed by atoms with Gasteiger partial charge in [-0.15, -0.1) is 0 Å². The highest BCUT2D eigenvalue weighted by Crippen LogP contribution is 2.11. The smallest absolute Gasteiger partial charge is 0.356 e. The summed E-state index contributed by atoms with van der Waals surface area (Å²) in [4.78, 5) is 30.1. The molecule has 0 saturated carbocycles. The van der Waals surface area contributed by atoms with Gasteiger partial charge in [-0.2, -0.15) is 4.99 Å². The van der Waals surface area contributed by atoms with Crippen molar-refractivity contribution in [1.29, 1.82) is 0 Å². The minimum Gasteiger partial charge on any atom is -0.486 e. The number of non-ortho nitro benzene ring substituents is 1. The predicted molar refractivity (Wildman–Crippen MR) is 74.4 cm³/mol. The van der Waals surface area contributed by atoms with E-state index >= 15 is 0 Å². The maximum absolute atomic E-state index is 11.8. The van der Waals surface area contributed by atoms with Crippen molar-refractivity contribution in [3.8, 4) is 0 Å². The van der Waals surface area contributed by atoms with E-state index in [1.165, 1.54) is 18.3 Å². The van der Waals surface area contributed by atoms with E-state index in [1.54, 1.807) is 19.1 Å². The standard InChI is InChI=1S/C11H12N5O3S/c1-8-13-7-14(20)11(15(8)17)12-6-9-3-2-4-10(5-9)16(18)19/h2-6,11,14H,7H2,1H3/q+1/b12-6+. The van der Waals surface area contributed by atoms with Gasteiger partial charge in [0.15, 0.2) is 0 Å². The summed E-state index contributed by atoms with van der Waals surface area (Å²) in [5.74, 6) is 0.319. The third-order valence-corrected chi connectivity index (χ3v) is 3.08. The van der Waals surface area contributed by atoms with Gasteiger partial charge in [0.1, 0.15) is 0 Å². The molecule has 9 heteroatoms. The number of hydrogen-bond donors (Lipinski definition) is 1. The minimum atomic E-state index is -0.804. The summed E-state index contributed by atoms with van der Waals surface area (Å²) in [6.45, 7) is 1.88. The summed E-state index contributed by atoms with van der Waals surface area (Å²) in [5.41, 5.74) is 0.507. The van der Waals surface area contributed by atoms with Crippen molar-refractivity contribution in [3.05, 3.63) is 44.9 Å². The van der Waals surface area contributed by atoms with Crippen molar-refractivity contribution in [1.82, 2.24) is 0 Å². The Morgan fingerprint density at radius 2 is 2.40 bits per heavy atom. The molecule has 0 radical (unpaired) electrons. The molecule has 0 aromatic heterocycles. The zero-order valence-electron chi connectivity index (χ0n) is 10.6. The highest BCUT2D eigenvalue weighted by Gasteiger charge is 2.33. The van der Waals surface area contributed by atoms with Gasteiger partial charge in [0.25, 0.3) is 5.69 Å². The SMILES string of the molecule is CC1=NC[NH+]([S-])C(/N=C/c2cccc([N+](=O)[O-])c2)[N+]1=O. The van der Waals surface area contributed by atoms with Crippen LogP contribution in [0, 0.1) is 15.0 Å². The molecule has 20 heavy (non-hydrogen) atoms. The number of nitrogens with zero attached hydrogens (tertiary/aromatic N) is 4. The van der Waals surface area contributed by atoms with Crippen LogP contribution in [-0.2, 0) is 12.8 Å². The molecule has 1 aliphatic rings. The third kappa shape index (κ3) is 3.06. The largest absolute Gasteiger partial charge is 0.486 e. The van der Waals surface area contributed by atoms with Crippen LogP contribution in [0.2, 0.25) is 0 Å². The molecule has 1 aromatic carbocycles. The molecule has 2 atom stereocenters. The van der Waals surface area contributed by atoms with Crippen LogP contribution in [0.1, 0.15) is 12.5 Å². The topological polar surface area (TPSA) is 92.4 Å². The fourth-order valence-corrected chi connectivity index (χ4v) is 1.89. The fourth-order valence-electron chi connectivity index (χ4n) is 1.67. The van der Waals surface area contributed by atoms with E-state index in [0.29, 0.717) is 20.5 Å². The van der Waals surface area contributed by atoms with Crippen molar-refractivity contribution < 1.29 is 14.0 Å². The Labute approximate surface area is 120 Å². The summed E-state index contributed by atoms with van der Waals surface area (Å²) in [6.07, 6.45) is 0.606. The summed E-state index contributed by atoms with van der Waals surface area (Å²) in [5, 5.41) is 10.7. The first-order chi connectivity index (χ1) is 9.49. The number of rotatable bonds is 3. The summed E-state index contributed by atoms with van der Waals surface area (Å²) < 4.78 is 1.06. The highest BCUT2D eigenvalue weighted by atomic mass is 32.1. The molecule has 1 aromatic rings. The van der Waals surface area contributed by atoms with Crippen LogP contribution in [-0.4, -0.2) is 34.7 Å². The first kappa shape index (κ1) is 14.3. The Kier molecular flexibility index (Phi) is 4.20. The molecule has 0 amide bonds. The Morgan fingerprint density at radius 3 is 3.10 bits per heavy atom. The Bertz CT molecular complexity index is 616. The van der Waals surface area contributed by atoms with Gasteiger partial charge in [0.2, 0.25) is 6.67 Å². The van der Waals surface area contributed by atoms with Crippen LogP contribution in [0.3, 0.4) is 0 Å². The van der Waals surface area contributed by atoms with Crippen LogP contribution < -0.4 is 4.31 Å². The average Bonchev–Trinajstić information content (AvgIpc) is 2.43. The number of nitrogens with one attached hydrogen (secondary N) is 1. The number of amidine groups is 1. The molecular formula is C11H12N5O3S+. The highest BCUT2D eigenvalue weighted by molar-refractivity contribution is 7.51. The van der Waals surface area contributed by atoms with Crippen molar-refractivity contribution in [2.24, 2.45) is 9.98 Å². The van der Waals surface area contributed by atoms with Gasteiger partial charge in [0.05, 0.1) is 9.68 Å². The number of nitro benzene ring substituents is 1. The average molecular weight is 294 g/mol. The molecule has 1 heterocycles. The number of hydrogen-bond acceptors (Lipinski definition) is 6. The van der Waals surface area contributed by atoms with E-state index in [4.69, 9.17) is 12.8 Å². The lowest BCUT2D eigenvalue weighted by molar-refractivity contribution is -0.897. The molecule has 104 valence electrons. The molecule has 0 fully saturated rings. The third-order valence-electron chi connectivity index (χ3n) is 2.74. The number of nitroso groups, excluding NO2 is 1. The summed E-state index contributed by atoms with van der Waals surface area (Å²) in [6, 6.07) is 5.99. The molecular weight excluding hydrogens is 282 g/mol. The van der Waals surface area contributed by atoms with Gasteiger partial charge in [-0.05, 0) is 10.6 Å². The second-order valence-electron chi connectivity index (χ2n) is 4.16. The van der Waals surface area contributed by atoms with Gasteiger partial charge in [-0.3, -0.25) is 10.1 Å². The van der Waals surface area contributed by atoms with Gasteiger partial charge in [0, 0.05) is 25.3 Å². The normalized spacial score (nSPS) is 22.9. The lowest BCUT2D eigenvalue weighted by Gasteiger charge is -2.24. The van der Waals surface area contributed by atoms with Crippen molar-refractivity contribution in [3.63, 3.8) is 0 Å². The Balaban J connectivity index is 2.21. The quantitative estimate of drug-likeness (QED) is 0.275. The lowest BCUT2D eigenvalue weighted by Crippen LogP contribution is -3.13. The van der Waals surface area contributed by atoms with E-state index in [9.17, 15) is 15.0 Å². The lowest BCUT2D eigenvalue weighted by atomic mass is 10.2. The van der Waals surface area contributed by atoms with Crippen LogP contribution in [0.5, 0.6) is 0 Å². The van der Waals surface area contributed by atoms with E-state index in [2.05, 4.69) is 9.98 Å². The zero-order valence-corrected chi connectivity index (χ0v) is 11.4. The van der Waals surface area contributed by atoms with E-state index in [0.717, 1.165) is 0 Å². The number of quaternary nitrogens is 1. The van der Waals surface area contributed by atoms with Crippen molar-refractivity contribution >= 4 is 30.6 Å². The first-order valence-electron chi connectivity index (χ1n) is 5.77. The number of aliphatic imine (C=N–C) groups is 2. The van der Waals surface area contributed by atoms with E-state index in [-0.39, 0.29) is 12.4 Å². The van der Waals surface area contributed by atoms with Gasteiger partial charge < -0.3 is 17.1 Å². The monoisotopic (exact) mass is 294 g/mol. The van der Waals surface area contributed by atoms with E-state index in [1.807, 2.05) is 0 Å². The zero-order chi connectivity index (χ0) is 14.7. The van der Waals surface area contributed by atoms with Crippen LogP contribution in [0.15, 0.2) is 34.3 Å². The number of nitro groups is 1. The Morgan fingerprint density at radius 1 is 1.65 bits per heavy atom. The minimum absolute atomic E-state index is 0.0307. The second kappa shape index (κ2) is 5.88. The first-order valence-corrected chi connectivity index (χ1v) is 6.17. The van der Waals surface area contributed by atoms with Gasteiger partial charge >= 0.3 is 12.1 Å². The molecule has 0 spiro atoms. The predicted octanol–water partition coefficient (Wildman–Crippen LogP) is -0.187. The molecule has 2 unspecified atom stereocenters. The fraction of sp³-hybridized carbons (Fsp3) is 0.273. The van der Waals surface area contributed by atoms with Crippen LogP contribution in [0.4, 0.5) is 5.69 Å². The molecule has 1 aliphatic heterocycles. The molecule has 0 bridgehead atoms. The molecule has 8 nitrogen and oxygen atoms in total.